The number of nitrogens with one attached hydrogen (secondary N) is 1. The van der Waals surface area contributed by atoms with Gasteiger partial charge < -0.3 is 15.8 Å². The molecule has 2 rings (SSSR count). The molecule has 20 heavy (non-hydrogen) atoms. The van der Waals surface area contributed by atoms with E-state index < -0.39 is 5.54 Å². The number of hydrogen-bond acceptors (Lipinski definition) is 5. The Hall–Kier alpha value is -0.690. The molecule has 1 aromatic rings. The Kier molecular flexibility index (Phi) is 5.54. The molecule has 1 saturated heterocycles. The van der Waals surface area contributed by atoms with Crippen LogP contribution in [-0.2, 0) is 14.9 Å². The van der Waals surface area contributed by atoms with Crippen LogP contribution in [0.2, 0.25) is 0 Å². The lowest BCUT2D eigenvalue weighted by Gasteiger charge is -2.31. The molecular weight excluding hydrogens is 298 g/mol. The van der Waals surface area contributed by atoms with Crippen LogP contribution in [0, 0.1) is 0 Å². The zero-order valence-corrected chi connectivity index (χ0v) is 13.7. The molecule has 0 radical (unpaired) electrons. The van der Waals surface area contributed by atoms with Gasteiger partial charge in [0.2, 0.25) is 5.91 Å². The van der Waals surface area contributed by atoms with Crippen molar-refractivity contribution in [2.24, 2.45) is 5.73 Å². The van der Waals surface area contributed by atoms with Gasteiger partial charge in [-0.05, 0) is 18.3 Å². The van der Waals surface area contributed by atoms with Crippen molar-refractivity contribution >= 4 is 34.8 Å². The van der Waals surface area contributed by atoms with Gasteiger partial charge in [-0.1, -0.05) is 20.8 Å². The van der Waals surface area contributed by atoms with Gasteiger partial charge >= 0.3 is 0 Å². The summed E-state index contributed by atoms with van der Waals surface area (Å²) in [4.78, 5) is 17.6. The number of carbonyl (C=O) groups is 1. The predicted octanol–water partition coefficient (Wildman–Crippen LogP) is 2.31. The molecule has 0 spiro atoms. The summed E-state index contributed by atoms with van der Waals surface area (Å²) >= 11 is 1.50. The molecule has 3 N–H and O–H groups in total. The number of halogens is 1. The number of carbonyl (C=O) groups excluding carboxylic acids is 1. The van der Waals surface area contributed by atoms with Crippen LogP contribution >= 0.6 is 23.7 Å². The summed E-state index contributed by atoms with van der Waals surface area (Å²) < 4.78 is 5.24. The summed E-state index contributed by atoms with van der Waals surface area (Å²) in [6, 6.07) is 0. The molecule has 1 aliphatic rings. The first-order chi connectivity index (χ1) is 8.81. The van der Waals surface area contributed by atoms with Gasteiger partial charge in [0, 0.05) is 24.3 Å². The Labute approximate surface area is 129 Å². The Bertz CT molecular complexity index is 464. The number of anilines is 1. The smallest absolute Gasteiger partial charge is 0.246 e. The lowest BCUT2D eigenvalue weighted by molar-refractivity contribution is -0.124. The molecule has 0 bridgehead atoms. The van der Waals surface area contributed by atoms with Crippen LogP contribution in [0.25, 0.3) is 0 Å². The van der Waals surface area contributed by atoms with E-state index >= 15 is 0 Å². The number of aromatic nitrogens is 1. The summed E-state index contributed by atoms with van der Waals surface area (Å²) in [5, 5.41) is 3.45. The molecule has 0 aromatic carbocycles. The van der Waals surface area contributed by atoms with Gasteiger partial charge in [0.15, 0.2) is 5.13 Å². The van der Waals surface area contributed by atoms with E-state index in [1.54, 1.807) is 0 Å². The van der Waals surface area contributed by atoms with Crippen molar-refractivity contribution in [1.82, 2.24) is 4.98 Å². The van der Waals surface area contributed by atoms with Crippen LogP contribution in [-0.4, -0.2) is 29.6 Å². The van der Waals surface area contributed by atoms with Gasteiger partial charge in [0.05, 0.1) is 0 Å². The van der Waals surface area contributed by atoms with Crippen LogP contribution in [0.5, 0.6) is 0 Å². The lowest BCUT2D eigenvalue weighted by Crippen LogP contribution is -2.54. The minimum absolute atomic E-state index is 0. The van der Waals surface area contributed by atoms with E-state index in [0.717, 1.165) is 4.88 Å². The molecule has 114 valence electrons. The minimum atomic E-state index is -0.828. The maximum atomic E-state index is 12.2. The molecular formula is C13H22ClN3O2S. The fraction of sp³-hybridized carbons (Fsp3) is 0.692. The molecule has 1 fully saturated rings. The van der Waals surface area contributed by atoms with Gasteiger partial charge in [0.25, 0.3) is 0 Å². The number of rotatable bonds is 2. The molecule has 1 aromatic heterocycles. The first-order valence-electron chi connectivity index (χ1n) is 6.46. The Morgan fingerprint density at radius 3 is 2.55 bits per heavy atom. The molecule has 7 heteroatoms. The predicted molar refractivity (Wildman–Crippen MR) is 83.7 cm³/mol. The van der Waals surface area contributed by atoms with Gasteiger partial charge in [0.1, 0.15) is 5.54 Å². The van der Waals surface area contributed by atoms with Crippen molar-refractivity contribution < 1.29 is 9.53 Å². The first kappa shape index (κ1) is 17.4. The van der Waals surface area contributed by atoms with Gasteiger partial charge in [-0.3, -0.25) is 4.79 Å². The van der Waals surface area contributed by atoms with E-state index in [1.165, 1.54) is 11.3 Å². The molecule has 2 heterocycles. The van der Waals surface area contributed by atoms with Crippen molar-refractivity contribution in [2.45, 2.75) is 44.6 Å². The molecule has 5 nitrogen and oxygen atoms in total. The SMILES string of the molecule is CC(C)(C)c1cnc(NC(=O)C2(N)CCOCC2)s1.Cl. The largest absolute Gasteiger partial charge is 0.381 e. The fourth-order valence-corrected chi connectivity index (χ4v) is 2.73. The Morgan fingerprint density at radius 1 is 1.45 bits per heavy atom. The Morgan fingerprint density at radius 2 is 2.05 bits per heavy atom. The third kappa shape index (κ3) is 3.91. The molecule has 0 atom stereocenters. The molecule has 1 amide bonds. The number of thiazole rings is 1. The molecule has 0 saturated carbocycles. The summed E-state index contributed by atoms with van der Waals surface area (Å²) in [5.41, 5.74) is 5.34. The number of hydrogen-bond donors (Lipinski definition) is 2. The van der Waals surface area contributed by atoms with Crippen LogP contribution in [0.3, 0.4) is 0 Å². The van der Waals surface area contributed by atoms with Crippen LogP contribution in [0.4, 0.5) is 5.13 Å². The van der Waals surface area contributed by atoms with Gasteiger partial charge in [-0.2, -0.15) is 0 Å². The van der Waals surface area contributed by atoms with Crippen molar-refractivity contribution in [2.75, 3.05) is 18.5 Å². The summed E-state index contributed by atoms with van der Waals surface area (Å²) in [6.07, 6.45) is 2.92. The van der Waals surface area contributed by atoms with E-state index in [4.69, 9.17) is 10.5 Å². The standard InChI is InChI=1S/C13H21N3O2S.ClH/c1-12(2,3)9-8-15-11(19-9)16-10(17)13(14)4-6-18-7-5-13;/h8H,4-7,14H2,1-3H3,(H,15,16,17);1H. The quantitative estimate of drug-likeness (QED) is 0.877. The molecule has 0 aliphatic carbocycles. The van der Waals surface area contributed by atoms with E-state index in [1.807, 2.05) is 6.20 Å². The summed E-state index contributed by atoms with van der Waals surface area (Å²) in [7, 11) is 0. The second-order valence-electron chi connectivity index (χ2n) is 6.00. The zero-order valence-electron chi connectivity index (χ0n) is 12.1. The van der Waals surface area contributed by atoms with E-state index in [-0.39, 0.29) is 23.7 Å². The normalized spacial score (nSPS) is 18.2. The highest BCUT2D eigenvalue weighted by Gasteiger charge is 2.36. The second-order valence-corrected chi connectivity index (χ2v) is 7.03. The zero-order chi connectivity index (χ0) is 14.1. The number of nitrogens with two attached hydrogens (primary N) is 1. The van der Waals surface area contributed by atoms with E-state index in [0.29, 0.717) is 31.2 Å². The van der Waals surface area contributed by atoms with E-state index in [2.05, 4.69) is 31.1 Å². The van der Waals surface area contributed by atoms with Crippen molar-refractivity contribution in [3.63, 3.8) is 0 Å². The first-order valence-corrected chi connectivity index (χ1v) is 7.27. The maximum Gasteiger partial charge on any atom is 0.246 e. The number of amides is 1. The van der Waals surface area contributed by atoms with Crippen molar-refractivity contribution in [1.29, 1.82) is 0 Å². The van der Waals surface area contributed by atoms with Crippen LogP contribution in [0.1, 0.15) is 38.5 Å². The average molecular weight is 320 g/mol. The molecule has 1 aliphatic heterocycles. The maximum absolute atomic E-state index is 12.2. The highest BCUT2D eigenvalue weighted by Crippen LogP contribution is 2.30. The monoisotopic (exact) mass is 319 g/mol. The topological polar surface area (TPSA) is 77.2 Å². The molecule has 0 unspecified atom stereocenters. The summed E-state index contributed by atoms with van der Waals surface area (Å²) in [5.74, 6) is -0.161. The van der Waals surface area contributed by atoms with Crippen molar-refractivity contribution in [3.05, 3.63) is 11.1 Å². The fourth-order valence-electron chi connectivity index (χ4n) is 1.86. The third-order valence-corrected chi connectivity index (χ3v) is 4.64. The number of ether oxygens (including phenoxy) is 1. The third-order valence-electron chi connectivity index (χ3n) is 3.30. The Balaban J connectivity index is 0.00000200. The van der Waals surface area contributed by atoms with Gasteiger partial charge in [-0.25, -0.2) is 4.98 Å². The van der Waals surface area contributed by atoms with Crippen molar-refractivity contribution in [3.8, 4) is 0 Å². The van der Waals surface area contributed by atoms with Gasteiger partial charge in [-0.15, -0.1) is 23.7 Å². The second kappa shape index (κ2) is 6.39. The highest BCUT2D eigenvalue weighted by atomic mass is 35.5. The van der Waals surface area contributed by atoms with Crippen LogP contribution < -0.4 is 11.1 Å². The average Bonchev–Trinajstić information content (AvgIpc) is 2.78. The van der Waals surface area contributed by atoms with E-state index in [9.17, 15) is 4.79 Å². The number of nitrogens with zero attached hydrogens (tertiary/aromatic N) is 1. The highest BCUT2D eigenvalue weighted by molar-refractivity contribution is 7.15. The lowest BCUT2D eigenvalue weighted by atomic mass is 9.90. The minimum Gasteiger partial charge on any atom is -0.381 e. The summed E-state index contributed by atoms with van der Waals surface area (Å²) in [6.45, 7) is 7.43. The van der Waals surface area contributed by atoms with Crippen LogP contribution in [0.15, 0.2) is 6.20 Å².